The van der Waals surface area contributed by atoms with Crippen molar-refractivity contribution in [1.29, 1.82) is 0 Å². The fourth-order valence-electron chi connectivity index (χ4n) is 4.56. The summed E-state index contributed by atoms with van der Waals surface area (Å²) in [6.07, 6.45) is 6.67. The maximum absolute atomic E-state index is 13.2. The van der Waals surface area contributed by atoms with E-state index < -0.39 is 0 Å². The molecule has 0 bridgehead atoms. The summed E-state index contributed by atoms with van der Waals surface area (Å²) >= 11 is 7.42. The van der Waals surface area contributed by atoms with Gasteiger partial charge in [0, 0.05) is 37.6 Å². The smallest absolute Gasteiger partial charge is 0.341 e. The molecule has 8 heteroatoms. The molecule has 0 radical (unpaired) electrons. The number of aryl methyl sites for hydroxylation is 1. The van der Waals surface area contributed by atoms with Crippen LogP contribution in [0, 0.1) is 5.82 Å². The minimum absolute atomic E-state index is 0.205. The van der Waals surface area contributed by atoms with E-state index in [1.54, 1.807) is 11.3 Å². The Labute approximate surface area is 204 Å². The van der Waals surface area contributed by atoms with E-state index in [1.807, 2.05) is 19.1 Å². The van der Waals surface area contributed by atoms with Gasteiger partial charge in [0.25, 0.3) is 0 Å². The Morgan fingerprint density at radius 1 is 1.09 bits per heavy atom. The lowest BCUT2D eigenvalue weighted by Crippen LogP contribution is -2.49. The second-order valence-corrected chi connectivity index (χ2v) is 10.2. The van der Waals surface area contributed by atoms with E-state index in [0.29, 0.717) is 17.3 Å². The van der Waals surface area contributed by atoms with Gasteiger partial charge in [-0.05, 0) is 68.1 Å². The average Bonchev–Trinajstić information content (AvgIpc) is 3.12. The molecule has 0 unspecified atom stereocenters. The molecule has 2 heterocycles. The molecule has 0 saturated carbocycles. The molecule has 33 heavy (non-hydrogen) atoms. The fourth-order valence-corrected chi connectivity index (χ4v) is 6.19. The first-order chi connectivity index (χ1) is 16.0. The molecule has 2 aromatic rings. The van der Waals surface area contributed by atoms with E-state index in [2.05, 4.69) is 15.1 Å². The zero-order valence-electron chi connectivity index (χ0n) is 19.2. The molecule has 1 aromatic carbocycles. The van der Waals surface area contributed by atoms with Gasteiger partial charge in [-0.25, -0.2) is 9.18 Å². The van der Waals surface area contributed by atoms with Gasteiger partial charge in [0.05, 0.1) is 12.2 Å². The summed E-state index contributed by atoms with van der Waals surface area (Å²) in [6, 6.07) is 6.70. The Kier molecular flexibility index (Phi) is 8.33. The van der Waals surface area contributed by atoms with Crippen LogP contribution >= 0.6 is 23.6 Å². The van der Waals surface area contributed by atoms with Crippen molar-refractivity contribution in [1.82, 2.24) is 9.80 Å². The Morgan fingerprint density at radius 3 is 2.48 bits per heavy atom. The summed E-state index contributed by atoms with van der Waals surface area (Å²) in [7, 11) is 0. The first kappa shape index (κ1) is 24.1. The molecule has 0 spiro atoms. The second kappa shape index (κ2) is 11.4. The number of nitrogens with one attached hydrogen (secondary N) is 1. The van der Waals surface area contributed by atoms with E-state index in [9.17, 15) is 9.18 Å². The number of benzene rings is 1. The van der Waals surface area contributed by atoms with Crippen LogP contribution in [-0.4, -0.2) is 53.7 Å². The summed E-state index contributed by atoms with van der Waals surface area (Å²) in [5, 5.41) is 4.90. The van der Waals surface area contributed by atoms with Gasteiger partial charge in [-0.2, -0.15) is 0 Å². The number of rotatable bonds is 5. The summed E-state index contributed by atoms with van der Waals surface area (Å²) in [5.74, 6) is -0.450. The van der Waals surface area contributed by atoms with E-state index >= 15 is 0 Å². The van der Waals surface area contributed by atoms with E-state index in [-0.39, 0.29) is 11.8 Å². The highest BCUT2D eigenvalue weighted by Gasteiger charge is 2.27. The number of hydrogen-bond acceptors (Lipinski definition) is 5. The zero-order chi connectivity index (χ0) is 23.2. The van der Waals surface area contributed by atoms with Gasteiger partial charge in [-0.15, -0.1) is 11.3 Å². The van der Waals surface area contributed by atoms with Gasteiger partial charge in [0.2, 0.25) is 0 Å². The third-order valence-corrected chi connectivity index (χ3v) is 7.92. The number of carbonyl (C=O) groups excluding carboxylic acids is 1. The highest BCUT2D eigenvalue weighted by atomic mass is 32.1. The molecule has 4 rings (SSSR count). The number of piperazine rings is 1. The Morgan fingerprint density at radius 2 is 1.79 bits per heavy atom. The van der Waals surface area contributed by atoms with Crippen molar-refractivity contribution in [3.8, 4) is 0 Å². The molecule has 0 amide bonds. The molecule has 0 atom stereocenters. The SMILES string of the molecule is CCOC(=O)c1c(NC(=S)N2CCN(Cc3ccc(F)cc3)CC2)sc2c1CCCCCC2. The van der Waals surface area contributed by atoms with Gasteiger partial charge >= 0.3 is 5.97 Å². The normalized spacial score (nSPS) is 17.1. The van der Waals surface area contributed by atoms with Gasteiger partial charge in [0.1, 0.15) is 10.8 Å². The first-order valence-electron chi connectivity index (χ1n) is 11.9. The minimum atomic E-state index is -0.245. The number of ether oxygens (including phenoxy) is 1. The predicted molar refractivity (Wildman–Crippen MR) is 136 cm³/mol. The van der Waals surface area contributed by atoms with Gasteiger partial charge in [-0.3, -0.25) is 4.90 Å². The molecule has 1 aliphatic carbocycles. The lowest BCUT2D eigenvalue weighted by Gasteiger charge is -2.36. The van der Waals surface area contributed by atoms with Crippen molar-refractivity contribution in [2.45, 2.75) is 52.0 Å². The molecular weight excluding hydrogens is 457 g/mol. The summed E-state index contributed by atoms with van der Waals surface area (Å²) in [5.41, 5.74) is 2.96. The fraction of sp³-hybridized carbons (Fsp3) is 0.520. The molecule has 1 aliphatic heterocycles. The predicted octanol–water partition coefficient (Wildman–Crippen LogP) is 5.24. The summed E-state index contributed by atoms with van der Waals surface area (Å²) < 4.78 is 18.6. The maximum atomic E-state index is 13.2. The number of thiophene rings is 1. The molecule has 1 N–H and O–H groups in total. The number of carbonyl (C=O) groups is 1. The third kappa shape index (κ3) is 6.11. The van der Waals surface area contributed by atoms with E-state index in [0.717, 1.165) is 74.5 Å². The van der Waals surface area contributed by atoms with Crippen molar-refractivity contribution >= 4 is 39.6 Å². The van der Waals surface area contributed by atoms with Crippen LogP contribution in [0.4, 0.5) is 9.39 Å². The molecule has 178 valence electrons. The third-order valence-electron chi connectivity index (χ3n) is 6.35. The van der Waals surface area contributed by atoms with E-state index in [1.165, 1.54) is 29.9 Å². The van der Waals surface area contributed by atoms with Crippen molar-refractivity contribution < 1.29 is 13.9 Å². The number of thiocarbonyl (C=S) groups is 1. The number of halogens is 1. The molecule has 1 fully saturated rings. The lowest BCUT2D eigenvalue weighted by molar-refractivity contribution is 0.0526. The van der Waals surface area contributed by atoms with Crippen LogP contribution in [0.3, 0.4) is 0 Å². The van der Waals surface area contributed by atoms with Crippen molar-refractivity contribution in [2.75, 3.05) is 38.1 Å². The van der Waals surface area contributed by atoms with Crippen molar-refractivity contribution in [3.63, 3.8) is 0 Å². The van der Waals surface area contributed by atoms with Crippen LogP contribution < -0.4 is 5.32 Å². The van der Waals surface area contributed by atoms with Gasteiger partial charge in [0.15, 0.2) is 5.11 Å². The van der Waals surface area contributed by atoms with Crippen LogP contribution in [0.1, 0.15) is 59.0 Å². The average molecular weight is 490 g/mol. The van der Waals surface area contributed by atoms with Crippen LogP contribution in [0.5, 0.6) is 0 Å². The first-order valence-corrected chi connectivity index (χ1v) is 13.1. The standard InChI is InChI=1S/C25H32FN3O2S2/c1-2-31-24(30)22-20-7-5-3-4-6-8-21(20)33-23(22)27-25(32)29-15-13-28(14-16-29)17-18-9-11-19(26)12-10-18/h9-12H,2-8,13-17H2,1H3,(H,27,32). The van der Waals surface area contributed by atoms with Gasteiger partial charge < -0.3 is 15.0 Å². The second-order valence-electron chi connectivity index (χ2n) is 8.66. The van der Waals surface area contributed by atoms with Crippen molar-refractivity contribution in [3.05, 3.63) is 51.7 Å². The number of anilines is 1. The summed E-state index contributed by atoms with van der Waals surface area (Å²) in [6.45, 7) is 6.40. The van der Waals surface area contributed by atoms with Gasteiger partial charge in [-0.1, -0.05) is 25.0 Å². The maximum Gasteiger partial charge on any atom is 0.341 e. The molecule has 1 saturated heterocycles. The van der Waals surface area contributed by atoms with Crippen LogP contribution in [0.25, 0.3) is 0 Å². The van der Waals surface area contributed by atoms with Crippen LogP contribution in [0.2, 0.25) is 0 Å². The minimum Gasteiger partial charge on any atom is -0.462 e. The topological polar surface area (TPSA) is 44.8 Å². The van der Waals surface area contributed by atoms with Crippen molar-refractivity contribution in [2.24, 2.45) is 0 Å². The number of nitrogens with zero attached hydrogens (tertiary/aromatic N) is 2. The number of esters is 1. The Balaban J connectivity index is 1.41. The lowest BCUT2D eigenvalue weighted by atomic mass is 9.96. The Bertz CT molecular complexity index is 969. The van der Waals surface area contributed by atoms with Crippen LogP contribution in [0.15, 0.2) is 24.3 Å². The van der Waals surface area contributed by atoms with E-state index in [4.69, 9.17) is 17.0 Å². The monoisotopic (exact) mass is 489 g/mol. The molecule has 1 aromatic heterocycles. The number of hydrogen-bond donors (Lipinski definition) is 1. The molecule has 5 nitrogen and oxygen atoms in total. The zero-order valence-corrected chi connectivity index (χ0v) is 20.8. The largest absolute Gasteiger partial charge is 0.462 e. The molecular formula is C25H32FN3O2S2. The Hall–Kier alpha value is -2.03. The molecule has 2 aliphatic rings. The van der Waals surface area contributed by atoms with Crippen LogP contribution in [-0.2, 0) is 24.1 Å². The summed E-state index contributed by atoms with van der Waals surface area (Å²) in [4.78, 5) is 18.7. The highest BCUT2D eigenvalue weighted by molar-refractivity contribution is 7.80. The highest BCUT2D eigenvalue weighted by Crippen LogP contribution is 2.37. The quantitative estimate of drug-likeness (QED) is 0.458. The number of fused-ring (bicyclic) bond motifs is 1.